The van der Waals surface area contributed by atoms with Gasteiger partial charge in [0.2, 0.25) is 0 Å². The van der Waals surface area contributed by atoms with Crippen LogP contribution in [0.15, 0.2) is 12.4 Å². The number of ether oxygens (including phenoxy) is 1. The van der Waals surface area contributed by atoms with Crippen molar-refractivity contribution < 1.29 is 9.57 Å². The Balaban J connectivity index is 2.49. The molecule has 0 atom stereocenters. The van der Waals surface area contributed by atoms with Crippen molar-refractivity contribution >= 4 is 0 Å². The van der Waals surface area contributed by atoms with Crippen molar-refractivity contribution in [2.45, 2.75) is 6.61 Å². The summed E-state index contributed by atoms with van der Waals surface area (Å²) in [4.78, 5) is 13.1. The molecule has 0 unspecified atom stereocenters. The summed E-state index contributed by atoms with van der Waals surface area (Å²) in [5.41, 5.74) is 0.912. The molecule has 0 spiro atoms. The Morgan fingerprint density at radius 2 is 1.92 bits per heavy atom. The Bertz CT molecular complexity index is 248. The van der Waals surface area contributed by atoms with Crippen LogP contribution >= 0.6 is 0 Å². The van der Waals surface area contributed by atoms with Crippen molar-refractivity contribution in [3.8, 4) is 6.01 Å². The van der Waals surface area contributed by atoms with Crippen LogP contribution in [-0.4, -0.2) is 36.2 Å². The lowest BCUT2D eigenvalue weighted by Gasteiger charge is -2.09. The minimum absolute atomic E-state index is 0.369. The fourth-order valence-corrected chi connectivity index (χ4v) is 0.727. The molecule has 1 aromatic heterocycles. The third kappa shape index (κ3) is 3.35. The molecule has 0 N–H and O–H groups in total. The minimum atomic E-state index is 0.369. The first-order valence-corrected chi connectivity index (χ1v) is 3.87. The zero-order chi connectivity index (χ0) is 9.68. The number of hydrogen-bond donors (Lipinski definition) is 0. The van der Waals surface area contributed by atoms with Crippen LogP contribution in [0.1, 0.15) is 5.56 Å². The van der Waals surface area contributed by atoms with Crippen LogP contribution < -0.4 is 4.74 Å². The van der Waals surface area contributed by atoms with Crippen molar-refractivity contribution in [2.75, 3.05) is 21.2 Å². The van der Waals surface area contributed by atoms with E-state index in [0.717, 1.165) is 5.56 Å². The Morgan fingerprint density at radius 3 is 2.38 bits per heavy atom. The van der Waals surface area contributed by atoms with Gasteiger partial charge in [0.1, 0.15) is 0 Å². The van der Waals surface area contributed by atoms with Crippen LogP contribution in [0.2, 0.25) is 0 Å². The molecule has 0 saturated carbocycles. The van der Waals surface area contributed by atoms with E-state index in [9.17, 15) is 0 Å². The molecule has 0 fully saturated rings. The van der Waals surface area contributed by atoms with Gasteiger partial charge in [-0.3, -0.25) is 4.84 Å². The number of hydrogen-bond acceptors (Lipinski definition) is 5. The molecule has 13 heavy (non-hydrogen) atoms. The molecule has 0 aliphatic carbocycles. The van der Waals surface area contributed by atoms with E-state index in [2.05, 4.69) is 9.97 Å². The number of hydroxylamine groups is 2. The highest BCUT2D eigenvalue weighted by atomic mass is 16.7. The fourth-order valence-electron chi connectivity index (χ4n) is 0.727. The Labute approximate surface area is 77.3 Å². The van der Waals surface area contributed by atoms with Gasteiger partial charge in [0.05, 0.1) is 13.7 Å². The number of methoxy groups -OCH3 is 1. The van der Waals surface area contributed by atoms with Crippen LogP contribution in [-0.2, 0) is 11.4 Å². The van der Waals surface area contributed by atoms with Crippen LogP contribution in [0.25, 0.3) is 0 Å². The van der Waals surface area contributed by atoms with E-state index >= 15 is 0 Å². The maximum atomic E-state index is 5.21. The number of nitrogens with zero attached hydrogens (tertiary/aromatic N) is 3. The molecule has 0 aliphatic rings. The average Bonchev–Trinajstić information content (AvgIpc) is 2.15. The van der Waals surface area contributed by atoms with Gasteiger partial charge in [-0.05, 0) is 0 Å². The molecular weight excluding hydrogens is 170 g/mol. The van der Waals surface area contributed by atoms with E-state index in [1.165, 1.54) is 7.11 Å². The van der Waals surface area contributed by atoms with Crippen molar-refractivity contribution in [2.24, 2.45) is 0 Å². The van der Waals surface area contributed by atoms with Crippen molar-refractivity contribution in [3.05, 3.63) is 18.0 Å². The monoisotopic (exact) mass is 183 g/mol. The van der Waals surface area contributed by atoms with Gasteiger partial charge in [-0.25, -0.2) is 9.97 Å². The van der Waals surface area contributed by atoms with Gasteiger partial charge in [-0.2, -0.15) is 5.06 Å². The zero-order valence-electron chi connectivity index (χ0n) is 8.02. The highest BCUT2D eigenvalue weighted by molar-refractivity contribution is 5.05. The summed E-state index contributed by atoms with van der Waals surface area (Å²) in [5.74, 6) is 0. The maximum absolute atomic E-state index is 5.21. The molecule has 0 aliphatic heterocycles. The summed E-state index contributed by atoms with van der Waals surface area (Å²) in [7, 11) is 5.18. The molecule has 72 valence electrons. The Morgan fingerprint density at radius 1 is 1.31 bits per heavy atom. The smallest absolute Gasteiger partial charge is 0.316 e. The molecule has 0 aromatic carbocycles. The summed E-state index contributed by atoms with van der Waals surface area (Å²) in [6.45, 7) is 0.469. The third-order valence-electron chi connectivity index (χ3n) is 1.35. The molecular formula is C8H13N3O2. The largest absolute Gasteiger partial charge is 0.467 e. The molecule has 0 bridgehead atoms. The second-order valence-corrected chi connectivity index (χ2v) is 2.66. The first-order valence-electron chi connectivity index (χ1n) is 3.87. The molecule has 1 aromatic rings. The number of aromatic nitrogens is 2. The van der Waals surface area contributed by atoms with E-state index in [1.54, 1.807) is 17.5 Å². The van der Waals surface area contributed by atoms with Gasteiger partial charge in [-0.15, -0.1) is 0 Å². The predicted octanol–water partition coefficient (Wildman–Crippen LogP) is 0.478. The summed E-state index contributed by atoms with van der Waals surface area (Å²) in [6.07, 6.45) is 3.35. The van der Waals surface area contributed by atoms with Crippen LogP contribution in [0.5, 0.6) is 6.01 Å². The first-order chi connectivity index (χ1) is 6.22. The number of rotatable bonds is 4. The average molecular weight is 183 g/mol. The van der Waals surface area contributed by atoms with Crippen LogP contribution in [0, 0.1) is 0 Å². The standard InChI is InChI=1S/C8H13N3O2/c1-11(2)13-6-7-4-9-8(12-3)10-5-7/h4-5H,6H2,1-3H3. The van der Waals surface area contributed by atoms with E-state index in [-0.39, 0.29) is 0 Å². The topological polar surface area (TPSA) is 47.5 Å². The van der Waals surface area contributed by atoms with Crippen molar-refractivity contribution in [3.63, 3.8) is 0 Å². The van der Waals surface area contributed by atoms with Crippen LogP contribution in [0.4, 0.5) is 0 Å². The normalized spacial score (nSPS) is 10.5. The van der Waals surface area contributed by atoms with Gasteiger partial charge in [0, 0.05) is 32.1 Å². The van der Waals surface area contributed by atoms with E-state index in [0.29, 0.717) is 12.6 Å². The summed E-state index contributed by atoms with van der Waals surface area (Å²) in [6, 6.07) is 0.369. The summed E-state index contributed by atoms with van der Waals surface area (Å²) >= 11 is 0. The summed E-state index contributed by atoms with van der Waals surface area (Å²) in [5, 5.41) is 1.63. The lowest BCUT2D eigenvalue weighted by Crippen LogP contribution is -2.12. The second kappa shape index (κ2) is 4.74. The molecule has 1 heterocycles. The van der Waals surface area contributed by atoms with Gasteiger partial charge in [0.25, 0.3) is 0 Å². The van der Waals surface area contributed by atoms with E-state index < -0.39 is 0 Å². The van der Waals surface area contributed by atoms with Gasteiger partial charge >= 0.3 is 6.01 Å². The van der Waals surface area contributed by atoms with Gasteiger partial charge < -0.3 is 4.74 Å². The minimum Gasteiger partial charge on any atom is -0.467 e. The molecule has 1 rings (SSSR count). The van der Waals surface area contributed by atoms with E-state index in [1.807, 2.05) is 14.1 Å². The highest BCUT2D eigenvalue weighted by Gasteiger charge is 1.97. The lowest BCUT2D eigenvalue weighted by molar-refractivity contribution is -0.131. The van der Waals surface area contributed by atoms with Crippen molar-refractivity contribution in [1.82, 2.24) is 15.0 Å². The highest BCUT2D eigenvalue weighted by Crippen LogP contribution is 2.02. The quantitative estimate of drug-likeness (QED) is 0.635. The van der Waals surface area contributed by atoms with Gasteiger partial charge in [0.15, 0.2) is 0 Å². The zero-order valence-corrected chi connectivity index (χ0v) is 8.02. The summed E-state index contributed by atoms with van der Waals surface area (Å²) < 4.78 is 4.82. The van der Waals surface area contributed by atoms with Crippen LogP contribution in [0.3, 0.4) is 0 Å². The van der Waals surface area contributed by atoms with E-state index in [4.69, 9.17) is 9.57 Å². The fraction of sp³-hybridized carbons (Fsp3) is 0.500. The Hall–Kier alpha value is -1.20. The predicted molar refractivity (Wildman–Crippen MR) is 47.1 cm³/mol. The van der Waals surface area contributed by atoms with Gasteiger partial charge in [-0.1, -0.05) is 0 Å². The third-order valence-corrected chi connectivity index (χ3v) is 1.35. The van der Waals surface area contributed by atoms with Crippen molar-refractivity contribution in [1.29, 1.82) is 0 Å². The molecule has 0 saturated heterocycles. The molecule has 0 amide bonds. The lowest BCUT2D eigenvalue weighted by atomic mass is 10.4. The first kappa shape index (κ1) is 9.88. The SMILES string of the molecule is COc1ncc(CON(C)C)cn1. The molecule has 5 heteroatoms. The second-order valence-electron chi connectivity index (χ2n) is 2.66. The molecule has 5 nitrogen and oxygen atoms in total. The Kier molecular flexibility index (Phi) is 3.60. The molecule has 0 radical (unpaired) electrons. The maximum Gasteiger partial charge on any atom is 0.316 e.